The van der Waals surface area contributed by atoms with E-state index in [-0.39, 0.29) is 6.10 Å². The van der Waals surface area contributed by atoms with Crippen LogP contribution in [0.15, 0.2) is 4.47 Å². The van der Waals surface area contributed by atoms with Crippen LogP contribution in [0, 0.1) is 0 Å². The van der Waals surface area contributed by atoms with E-state index in [2.05, 4.69) is 33.2 Å². The summed E-state index contributed by atoms with van der Waals surface area (Å²) in [6.07, 6.45) is 6.07. The van der Waals surface area contributed by atoms with Gasteiger partial charge in [0.1, 0.15) is 11.9 Å². The second kappa shape index (κ2) is 8.08. The molecule has 0 amide bonds. The Kier molecular flexibility index (Phi) is 6.42. The van der Waals surface area contributed by atoms with E-state index in [1.807, 2.05) is 13.8 Å². The van der Waals surface area contributed by atoms with Gasteiger partial charge in [0.05, 0.1) is 10.2 Å². The van der Waals surface area contributed by atoms with Crippen LogP contribution in [0.5, 0.6) is 0 Å². The Morgan fingerprint density at radius 3 is 2.62 bits per heavy atom. The number of nitrogens with zero attached hydrogens (tertiary/aromatic N) is 2. The SMILES string of the molecule is CCCNc1nc(C(C)OCC)nc(C2CCCC2)c1Br. The van der Waals surface area contributed by atoms with Gasteiger partial charge in [-0.2, -0.15) is 0 Å². The molecule has 1 aromatic rings. The molecule has 1 unspecified atom stereocenters. The minimum Gasteiger partial charge on any atom is -0.371 e. The van der Waals surface area contributed by atoms with Crippen LogP contribution >= 0.6 is 15.9 Å². The van der Waals surface area contributed by atoms with Gasteiger partial charge in [-0.1, -0.05) is 19.8 Å². The molecule has 1 heterocycles. The van der Waals surface area contributed by atoms with Crippen LogP contribution in [0.3, 0.4) is 0 Å². The van der Waals surface area contributed by atoms with Gasteiger partial charge in [0.2, 0.25) is 0 Å². The summed E-state index contributed by atoms with van der Waals surface area (Å²) in [7, 11) is 0. The lowest BCUT2D eigenvalue weighted by atomic mass is 10.0. The minimum atomic E-state index is -0.0644. The van der Waals surface area contributed by atoms with E-state index in [9.17, 15) is 0 Å². The summed E-state index contributed by atoms with van der Waals surface area (Å²) in [5.74, 6) is 2.26. The second-order valence-electron chi connectivity index (χ2n) is 5.64. The van der Waals surface area contributed by atoms with Crippen LogP contribution in [0.4, 0.5) is 5.82 Å². The molecule has 1 N–H and O–H groups in total. The highest BCUT2D eigenvalue weighted by Crippen LogP contribution is 2.39. The molecular formula is C16H26BrN3O. The van der Waals surface area contributed by atoms with Crippen molar-refractivity contribution in [3.05, 3.63) is 16.0 Å². The molecule has 0 saturated heterocycles. The van der Waals surface area contributed by atoms with E-state index in [1.54, 1.807) is 0 Å². The van der Waals surface area contributed by atoms with Gasteiger partial charge in [0.15, 0.2) is 5.82 Å². The molecular weight excluding hydrogens is 330 g/mol. The van der Waals surface area contributed by atoms with Gasteiger partial charge in [-0.15, -0.1) is 0 Å². The van der Waals surface area contributed by atoms with E-state index in [4.69, 9.17) is 9.72 Å². The Labute approximate surface area is 136 Å². The Bertz CT molecular complexity index is 461. The smallest absolute Gasteiger partial charge is 0.159 e. The molecule has 1 saturated carbocycles. The van der Waals surface area contributed by atoms with Crippen molar-refractivity contribution in [2.45, 2.75) is 64.9 Å². The predicted octanol–water partition coefficient (Wildman–Crippen LogP) is 4.82. The summed E-state index contributed by atoms with van der Waals surface area (Å²) in [5.41, 5.74) is 1.16. The summed E-state index contributed by atoms with van der Waals surface area (Å²) in [6, 6.07) is 0. The lowest BCUT2D eigenvalue weighted by Crippen LogP contribution is -2.13. The highest BCUT2D eigenvalue weighted by Gasteiger charge is 2.25. The highest BCUT2D eigenvalue weighted by atomic mass is 79.9. The first kappa shape index (κ1) is 16.7. The predicted molar refractivity (Wildman–Crippen MR) is 89.8 cm³/mol. The Morgan fingerprint density at radius 2 is 2.00 bits per heavy atom. The third-order valence-electron chi connectivity index (χ3n) is 3.96. The maximum atomic E-state index is 5.68. The fraction of sp³-hybridized carbons (Fsp3) is 0.750. The number of halogens is 1. The third kappa shape index (κ3) is 4.16. The summed E-state index contributed by atoms with van der Waals surface area (Å²) >= 11 is 3.72. The minimum absolute atomic E-state index is 0.0644. The standard InChI is InChI=1S/C16H26BrN3O/c1-4-10-18-16-13(17)14(12-8-6-7-9-12)19-15(20-16)11(3)21-5-2/h11-12H,4-10H2,1-3H3,(H,18,19,20). The number of hydrogen-bond donors (Lipinski definition) is 1. The van der Waals surface area contributed by atoms with Gasteiger partial charge >= 0.3 is 0 Å². The first-order chi connectivity index (χ1) is 10.2. The second-order valence-corrected chi connectivity index (χ2v) is 6.43. The quantitative estimate of drug-likeness (QED) is 0.761. The fourth-order valence-corrected chi connectivity index (χ4v) is 3.46. The van der Waals surface area contributed by atoms with Gasteiger partial charge < -0.3 is 10.1 Å². The summed E-state index contributed by atoms with van der Waals surface area (Å²) in [4.78, 5) is 9.48. The zero-order valence-corrected chi connectivity index (χ0v) is 14.9. The summed E-state index contributed by atoms with van der Waals surface area (Å²) < 4.78 is 6.71. The van der Waals surface area contributed by atoms with Crippen molar-refractivity contribution in [2.75, 3.05) is 18.5 Å². The number of hydrogen-bond acceptors (Lipinski definition) is 4. The number of ether oxygens (including phenoxy) is 1. The van der Waals surface area contributed by atoms with Crippen LogP contribution in [-0.2, 0) is 4.74 Å². The van der Waals surface area contributed by atoms with Crippen LogP contribution in [0.1, 0.15) is 76.4 Å². The van der Waals surface area contributed by atoms with Gasteiger partial charge in [0.25, 0.3) is 0 Å². The summed E-state index contributed by atoms with van der Waals surface area (Å²) in [5, 5.41) is 3.41. The molecule has 0 aromatic carbocycles. The number of nitrogens with one attached hydrogen (secondary N) is 1. The van der Waals surface area contributed by atoms with Crippen LogP contribution < -0.4 is 5.32 Å². The topological polar surface area (TPSA) is 47.0 Å². The van der Waals surface area contributed by atoms with Gasteiger partial charge in [-0.3, -0.25) is 0 Å². The number of anilines is 1. The Balaban J connectivity index is 2.34. The molecule has 1 aliphatic carbocycles. The van der Waals surface area contributed by atoms with E-state index >= 15 is 0 Å². The number of rotatable bonds is 7. The molecule has 0 spiro atoms. The van der Waals surface area contributed by atoms with Crippen molar-refractivity contribution in [1.29, 1.82) is 0 Å². The molecule has 4 nitrogen and oxygen atoms in total. The van der Waals surface area contributed by atoms with Crippen molar-refractivity contribution in [3.63, 3.8) is 0 Å². The molecule has 1 aliphatic rings. The molecule has 1 aromatic heterocycles. The van der Waals surface area contributed by atoms with Crippen molar-refractivity contribution in [3.8, 4) is 0 Å². The maximum Gasteiger partial charge on any atom is 0.159 e. The zero-order chi connectivity index (χ0) is 15.2. The molecule has 5 heteroatoms. The maximum absolute atomic E-state index is 5.68. The lowest BCUT2D eigenvalue weighted by molar-refractivity contribution is 0.0699. The van der Waals surface area contributed by atoms with Crippen molar-refractivity contribution in [2.24, 2.45) is 0 Å². The van der Waals surface area contributed by atoms with Crippen molar-refractivity contribution in [1.82, 2.24) is 9.97 Å². The van der Waals surface area contributed by atoms with E-state index in [0.717, 1.165) is 34.8 Å². The van der Waals surface area contributed by atoms with Crippen LogP contribution in [-0.4, -0.2) is 23.1 Å². The molecule has 1 atom stereocenters. The molecule has 0 aliphatic heterocycles. The van der Waals surface area contributed by atoms with E-state index in [0.29, 0.717) is 12.5 Å². The van der Waals surface area contributed by atoms with Crippen molar-refractivity contribution >= 4 is 21.7 Å². The first-order valence-electron chi connectivity index (χ1n) is 8.10. The average Bonchev–Trinajstić information content (AvgIpc) is 3.00. The van der Waals surface area contributed by atoms with Crippen LogP contribution in [0.25, 0.3) is 0 Å². The summed E-state index contributed by atoms with van der Waals surface area (Å²) in [6.45, 7) is 7.78. The molecule has 21 heavy (non-hydrogen) atoms. The zero-order valence-electron chi connectivity index (χ0n) is 13.3. The average molecular weight is 356 g/mol. The monoisotopic (exact) mass is 355 g/mol. The molecule has 1 fully saturated rings. The molecule has 118 valence electrons. The Hall–Kier alpha value is -0.680. The molecule has 2 rings (SSSR count). The molecule has 0 radical (unpaired) electrons. The highest BCUT2D eigenvalue weighted by molar-refractivity contribution is 9.10. The largest absolute Gasteiger partial charge is 0.371 e. The van der Waals surface area contributed by atoms with Gasteiger partial charge in [-0.25, -0.2) is 9.97 Å². The normalized spacial score (nSPS) is 17.1. The third-order valence-corrected chi connectivity index (χ3v) is 4.74. The van der Waals surface area contributed by atoms with E-state index in [1.165, 1.54) is 25.7 Å². The van der Waals surface area contributed by atoms with Crippen molar-refractivity contribution < 1.29 is 4.74 Å². The van der Waals surface area contributed by atoms with Gasteiger partial charge in [-0.05, 0) is 49.0 Å². The molecule has 0 bridgehead atoms. The fourth-order valence-electron chi connectivity index (χ4n) is 2.82. The Morgan fingerprint density at radius 1 is 1.29 bits per heavy atom. The van der Waals surface area contributed by atoms with Crippen LogP contribution in [0.2, 0.25) is 0 Å². The lowest BCUT2D eigenvalue weighted by Gasteiger charge is -2.19. The van der Waals surface area contributed by atoms with E-state index < -0.39 is 0 Å². The first-order valence-corrected chi connectivity index (χ1v) is 8.89. The number of aromatic nitrogens is 2. The van der Waals surface area contributed by atoms with Gasteiger partial charge in [0, 0.05) is 19.1 Å².